The Morgan fingerprint density at radius 1 is 1.06 bits per heavy atom. The summed E-state index contributed by atoms with van der Waals surface area (Å²) >= 11 is 11.8. The van der Waals surface area contributed by atoms with Crippen LogP contribution in [0.5, 0.6) is 0 Å². The maximum absolute atomic E-state index is 12.6. The van der Waals surface area contributed by atoms with Gasteiger partial charge in [-0.2, -0.15) is 0 Å². The average molecular weight is 470 g/mol. The summed E-state index contributed by atoms with van der Waals surface area (Å²) in [6, 6.07) is 0.579. The Morgan fingerprint density at radius 2 is 1.61 bits per heavy atom. The van der Waals surface area contributed by atoms with Crippen molar-refractivity contribution in [2.45, 2.75) is 51.1 Å². The van der Waals surface area contributed by atoms with Gasteiger partial charge < -0.3 is 10.1 Å². The van der Waals surface area contributed by atoms with Gasteiger partial charge in [0.15, 0.2) is 6.61 Å². The van der Waals surface area contributed by atoms with E-state index in [1.807, 2.05) is 0 Å². The van der Waals surface area contributed by atoms with E-state index in [1.54, 1.807) is 0 Å². The Balaban J connectivity index is 1.52. The summed E-state index contributed by atoms with van der Waals surface area (Å²) in [4.78, 5) is 61.9. The van der Waals surface area contributed by atoms with E-state index < -0.39 is 42.4 Å². The molecular formula is C20H21Cl2N3O6. The summed E-state index contributed by atoms with van der Waals surface area (Å²) in [5.74, 6) is -3.25. The van der Waals surface area contributed by atoms with Gasteiger partial charge in [-0.1, -0.05) is 42.5 Å². The van der Waals surface area contributed by atoms with Crippen LogP contribution in [0.25, 0.3) is 0 Å². The Hall–Kier alpha value is -2.65. The molecule has 0 aromatic heterocycles. The van der Waals surface area contributed by atoms with Crippen LogP contribution in [0.1, 0.15) is 59.7 Å². The number of nitrogens with one attached hydrogen (secondary N) is 2. The summed E-state index contributed by atoms with van der Waals surface area (Å²) in [6.45, 7) is 0.559. The highest BCUT2D eigenvalue weighted by Crippen LogP contribution is 2.32. The summed E-state index contributed by atoms with van der Waals surface area (Å²) in [5.41, 5.74) is 0.0485. The van der Waals surface area contributed by atoms with Crippen LogP contribution in [0.15, 0.2) is 12.1 Å². The lowest BCUT2D eigenvalue weighted by Crippen LogP contribution is -2.47. The number of benzene rings is 1. The predicted octanol–water partition coefficient (Wildman–Crippen LogP) is 2.68. The first kappa shape index (κ1) is 23.0. The second-order valence-corrected chi connectivity index (χ2v) is 8.25. The number of carbonyl (C=O) groups excluding carboxylic acids is 5. The fourth-order valence-corrected chi connectivity index (χ4v) is 3.93. The third-order valence-corrected chi connectivity index (χ3v) is 5.95. The van der Waals surface area contributed by atoms with E-state index in [-0.39, 0.29) is 27.2 Å². The molecule has 0 saturated heterocycles. The highest BCUT2D eigenvalue weighted by Gasteiger charge is 2.42. The average Bonchev–Trinajstić information content (AvgIpc) is 2.96. The lowest BCUT2D eigenvalue weighted by Gasteiger charge is -2.22. The van der Waals surface area contributed by atoms with Crippen LogP contribution in [0, 0.1) is 0 Å². The molecule has 1 heterocycles. The molecule has 1 aromatic carbocycles. The fourth-order valence-electron chi connectivity index (χ4n) is 3.60. The lowest BCUT2D eigenvalue weighted by atomic mass is 9.96. The quantitative estimate of drug-likeness (QED) is 0.504. The van der Waals surface area contributed by atoms with E-state index in [0.717, 1.165) is 32.1 Å². The summed E-state index contributed by atoms with van der Waals surface area (Å²) in [7, 11) is 0. The molecule has 0 spiro atoms. The van der Waals surface area contributed by atoms with Gasteiger partial charge in [0, 0.05) is 6.04 Å². The maximum Gasteiger partial charge on any atom is 0.329 e. The summed E-state index contributed by atoms with van der Waals surface area (Å²) in [6.07, 6.45) is 4.87. The van der Waals surface area contributed by atoms with Crippen molar-refractivity contribution in [3.05, 3.63) is 33.3 Å². The molecule has 1 atom stereocenters. The number of rotatable bonds is 5. The number of fused-ring (bicyclic) bond motifs is 1. The fraction of sp³-hybridized carbons (Fsp3) is 0.450. The number of hydrogen-bond acceptors (Lipinski definition) is 6. The molecule has 9 nitrogen and oxygen atoms in total. The van der Waals surface area contributed by atoms with Crippen molar-refractivity contribution in [3.8, 4) is 0 Å². The minimum absolute atomic E-state index is 0.0138. The first-order valence-electron chi connectivity index (χ1n) is 9.83. The molecule has 1 saturated carbocycles. The Bertz CT molecular complexity index is 904. The molecular weight excluding hydrogens is 449 g/mol. The van der Waals surface area contributed by atoms with E-state index >= 15 is 0 Å². The zero-order valence-electron chi connectivity index (χ0n) is 16.7. The molecule has 2 N–H and O–H groups in total. The molecule has 1 aliphatic carbocycles. The van der Waals surface area contributed by atoms with Crippen molar-refractivity contribution in [1.29, 1.82) is 0 Å². The minimum atomic E-state index is -1.30. The lowest BCUT2D eigenvalue weighted by molar-refractivity contribution is -0.151. The molecule has 5 amide bonds. The summed E-state index contributed by atoms with van der Waals surface area (Å²) in [5, 5.41) is 5.00. The van der Waals surface area contributed by atoms with Gasteiger partial charge in [-0.15, -0.1) is 0 Å². The van der Waals surface area contributed by atoms with Crippen molar-refractivity contribution in [2.24, 2.45) is 0 Å². The number of halogens is 2. The number of esters is 1. The molecule has 3 rings (SSSR count). The molecule has 0 radical (unpaired) electrons. The third-order valence-electron chi connectivity index (χ3n) is 5.23. The van der Waals surface area contributed by atoms with Gasteiger partial charge in [0.25, 0.3) is 17.7 Å². The van der Waals surface area contributed by atoms with E-state index in [2.05, 4.69) is 10.6 Å². The van der Waals surface area contributed by atoms with Gasteiger partial charge in [-0.05, 0) is 31.9 Å². The molecule has 1 unspecified atom stereocenters. The van der Waals surface area contributed by atoms with Crippen molar-refractivity contribution in [3.63, 3.8) is 0 Å². The largest absolute Gasteiger partial charge is 0.454 e. The maximum atomic E-state index is 12.6. The Morgan fingerprint density at radius 3 is 2.16 bits per heavy atom. The third kappa shape index (κ3) is 5.16. The zero-order valence-corrected chi connectivity index (χ0v) is 18.2. The van der Waals surface area contributed by atoms with Gasteiger partial charge >= 0.3 is 12.0 Å². The molecule has 11 heteroatoms. The molecule has 166 valence electrons. The van der Waals surface area contributed by atoms with E-state index in [1.165, 1.54) is 19.1 Å². The second kappa shape index (κ2) is 9.65. The summed E-state index contributed by atoms with van der Waals surface area (Å²) < 4.78 is 4.88. The van der Waals surface area contributed by atoms with Crippen LogP contribution in [-0.2, 0) is 14.3 Å². The Kier molecular flexibility index (Phi) is 7.17. The molecule has 1 aromatic rings. The number of amides is 5. The number of ether oxygens (including phenoxy) is 1. The van der Waals surface area contributed by atoms with Gasteiger partial charge in [-0.3, -0.25) is 24.6 Å². The standard InChI is InChI=1S/C20H21Cl2N3O6/c1-10(25-17(27)12-7-14(21)15(22)8-13(12)18(25)28)19(29)31-9-16(26)24-20(30)23-11-5-3-2-4-6-11/h7-8,10-11H,2-6,9H2,1H3,(H2,23,24,26,30). The smallest absolute Gasteiger partial charge is 0.329 e. The normalized spacial score (nSPS) is 17.2. The van der Waals surface area contributed by atoms with Crippen molar-refractivity contribution >= 4 is 52.9 Å². The first-order chi connectivity index (χ1) is 14.7. The van der Waals surface area contributed by atoms with E-state index in [0.29, 0.717) is 4.90 Å². The van der Waals surface area contributed by atoms with Gasteiger partial charge in [0.05, 0.1) is 21.2 Å². The van der Waals surface area contributed by atoms with Gasteiger partial charge in [0.1, 0.15) is 6.04 Å². The number of nitrogens with zero attached hydrogens (tertiary/aromatic N) is 1. The monoisotopic (exact) mass is 469 g/mol. The molecule has 0 bridgehead atoms. The highest BCUT2D eigenvalue weighted by atomic mass is 35.5. The Labute approximate surface area is 188 Å². The van der Waals surface area contributed by atoms with E-state index in [4.69, 9.17) is 27.9 Å². The molecule has 31 heavy (non-hydrogen) atoms. The van der Waals surface area contributed by atoms with Crippen molar-refractivity contribution in [1.82, 2.24) is 15.5 Å². The van der Waals surface area contributed by atoms with Crippen molar-refractivity contribution in [2.75, 3.05) is 6.61 Å². The van der Waals surface area contributed by atoms with Crippen LogP contribution >= 0.6 is 23.2 Å². The highest BCUT2D eigenvalue weighted by molar-refractivity contribution is 6.43. The van der Waals surface area contributed by atoms with Crippen LogP contribution in [0.3, 0.4) is 0 Å². The number of urea groups is 1. The molecule has 2 aliphatic rings. The predicted molar refractivity (Wildman–Crippen MR) is 111 cm³/mol. The van der Waals surface area contributed by atoms with E-state index in [9.17, 15) is 24.0 Å². The number of hydrogen-bond donors (Lipinski definition) is 2. The van der Waals surface area contributed by atoms with Gasteiger partial charge in [0.2, 0.25) is 0 Å². The number of imide groups is 2. The number of carbonyl (C=O) groups is 5. The molecule has 1 fully saturated rings. The first-order valence-corrected chi connectivity index (χ1v) is 10.6. The SMILES string of the molecule is CC(C(=O)OCC(=O)NC(=O)NC1CCCCC1)N1C(=O)c2cc(Cl)c(Cl)cc2C1=O. The van der Waals surface area contributed by atoms with Crippen LogP contribution < -0.4 is 10.6 Å². The van der Waals surface area contributed by atoms with Crippen LogP contribution in [0.2, 0.25) is 10.0 Å². The molecule has 1 aliphatic heterocycles. The topological polar surface area (TPSA) is 122 Å². The minimum Gasteiger partial charge on any atom is -0.454 e. The second-order valence-electron chi connectivity index (χ2n) is 7.43. The zero-order chi connectivity index (χ0) is 22.7. The van der Waals surface area contributed by atoms with Gasteiger partial charge in [-0.25, -0.2) is 9.59 Å². The van der Waals surface area contributed by atoms with Crippen LogP contribution in [-0.4, -0.2) is 53.3 Å². The van der Waals surface area contributed by atoms with Crippen molar-refractivity contribution < 1.29 is 28.7 Å². The van der Waals surface area contributed by atoms with Crippen LogP contribution in [0.4, 0.5) is 4.79 Å².